The van der Waals surface area contributed by atoms with Gasteiger partial charge in [-0.15, -0.1) is 12.3 Å². The normalized spacial score (nSPS) is 10.7. The van der Waals surface area contributed by atoms with Crippen LogP contribution in [0.4, 0.5) is 0 Å². The summed E-state index contributed by atoms with van der Waals surface area (Å²) < 4.78 is 24.5. The number of unbranched alkanes of at least 4 members (excludes halogenated alkanes) is 2. The van der Waals surface area contributed by atoms with E-state index in [1.54, 1.807) is 30.3 Å². The number of benzene rings is 1. The molecular formula is C15H18O2S. The molecule has 0 spiro atoms. The molecule has 18 heavy (non-hydrogen) atoms. The van der Waals surface area contributed by atoms with Gasteiger partial charge < -0.3 is 0 Å². The van der Waals surface area contributed by atoms with Crippen LogP contribution in [0.25, 0.3) is 0 Å². The molecule has 0 amide bonds. The molecule has 1 aromatic carbocycles. The van der Waals surface area contributed by atoms with E-state index in [4.69, 9.17) is 0 Å². The second-order valence-electron chi connectivity index (χ2n) is 3.95. The van der Waals surface area contributed by atoms with Crippen LogP contribution in [0.5, 0.6) is 0 Å². The van der Waals surface area contributed by atoms with Crippen molar-refractivity contribution in [3.8, 4) is 0 Å². The molecule has 0 atom stereocenters. The molecule has 0 saturated carbocycles. The fourth-order valence-electron chi connectivity index (χ4n) is 1.63. The third-order valence-electron chi connectivity index (χ3n) is 2.64. The van der Waals surface area contributed by atoms with Gasteiger partial charge in [-0.05, 0) is 37.8 Å². The highest BCUT2D eigenvalue weighted by Crippen LogP contribution is 2.22. The maximum absolute atomic E-state index is 12.3. The molecule has 3 heteroatoms. The first kappa shape index (κ1) is 14.5. The highest BCUT2D eigenvalue weighted by atomic mass is 32.2. The van der Waals surface area contributed by atoms with Gasteiger partial charge in [0.15, 0.2) is 0 Å². The number of allylic oxidation sites excluding steroid dienone is 2. The first-order valence-corrected chi connectivity index (χ1v) is 7.41. The average Bonchev–Trinajstić information content (AvgIpc) is 2.39. The standard InChI is InChI=1S/C15H18O2S/c1-3-5-6-8-11-14(4-2)18(16,17)15-12-9-7-10-13-15/h3,7,9-10,12-13H,1-2,5-6,8,11H2. The van der Waals surface area contributed by atoms with Crippen molar-refractivity contribution in [2.75, 3.05) is 0 Å². The third-order valence-corrected chi connectivity index (χ3v) is 4.53. The molecule has 0 fully saturated rings. The summed E-state index contributed by atoms with van der Waals surface area (Å²) in [7, 11) is -3.42. The Kier molecular flexibility index (Phi) is 5.63. The van der Waals surface area contributed by atoms with Crippen LogP contribution in [-0.2, 0) is 9.84 Å². The van der Waals surface area contributed by atoms with E-state index in [0.29, 0.717) is 11.3 Å². The molecule has 0 N–H and O–H groups in total. The maximum atomic E-state index is 12.3. The van der Waals surface area contributed by atoms with Gasteiger partial charge >= 0.3 is 0 Å². The molecular weight excluding hydrogens is 244 g/mol. The van der Waals surface area contributed by atoms with Gasteiger partial charge in [0.2, 0.25) is 9.84 Å². The van der Waals surface area contributed by atoms with E-state index in [-0.39, 0.29) is 4.91 Å². The highest BCUT2D eigenvalue weighted by molar-refractivity contribution is 7.95. The first-order valence-electron chi connectivity index (χ1n) is 5.93. The van der Waals surface area contributed by atoms with E-state index < -0.39 is 9.84 Å². The van der Waals surface area contributed by atoms with Crippen LogP contribution < -0.4 is 0 Å². The summed E-state index contributed by atoms with van der Waals surface area (Å²) >= 11 is 0. The van der Waals surface area contributed by atoms with Crippen LogP contribution >= 0.6 is 0 Å². The smallest absolute Gasteiger partial charge is 0.209 e. The Morgan fingerprint density at radius 3 is 2.44 bits per heavy atom. The molecule has 0 saturated heterocycles. The molecule has 0 bridgehead atoms. The van der Waals surface area contributed by atoms with Crippen molar-refractivity contribution in [1.29, 1.82) is 0 Å². The summed E-state index contributed by atoms with van der Waals surface area (Å²) in [6, 6.07) is 8.41. The molecule has 0 aliphatic carbocycles. The van der Waals surface area contributed by atoms with Crippen LogP contribution in [0.3, 0.4) is 0 Å². The van der Waals surface area contributed by atoms with Crippen LogP contribution in [0.15, 0.2) is 65.1 Å². The van der Waals surface area contributed by atoms with E-state index in [9.17, 15) is 8.42 Å². The van der Waals surface area contributed by atoms with E-state index in [2.05, 4.69) is 18.9 Å². The predicted molar refractivity (Wildman–Crippen MR) is 74.9 cm³/mol. The topological polar surface area (TPSA) is 34.1 Å². The fraction of sp³-hybridized carbons (Fsp3) is 0.267. The predicted octanol–water partition coefficient (Wildman–Crippen LogP) is 3.88. The lowest BCUT2D eigenvalue weighted by atomic mass is 10.2. The Bertz CT molecular complexity index is 535. The zero-order valence-electron chi connectivity index (χ0n) is 10.4. The lowest BCUT2D eigenvalue weighted by molar-refractivity contribution is 0.598. The average molecular weight is 262 g/mol. The van der Waals surface area contributed by atoms with Crippen LogP contribution in [-0.4, -0.2) is 8.42 Å². The molecule has 0 aliphatic rings. The number of rotatable bonds is 7. The summed E-state index contributed by atoms with van der Waals surface area (Å²) in [5, 5.41) is 0. The van der Waals surface area contributed by atoms with Gasteiger partial charge in [0, 0.05) is 0 Å². The fourth-order valence-corrected chi connectivity index (χ4v) is 3.04. The molecule has 0 aliphatic heterocycles. The lowest BCUT2D eigenvalue weighted by Crippen LogP contribution is -2.04. The van der Waals surface area contributed by atoms with Crippen molar-refractivity contribution in [2.24, 2.45) is 0 Å². The van der Waals surface area contributed by atoms with Crippen LogP contribution in [0, 0.1) is 0 Å². The number of hydrogen-bond donors (Lipinski definition) is 0. The summed E-state index contributed by atoms with van der Waals surface area (Å²) in [4.78, 5) is 0.581. The molecule has 2 nitrogen and oxygen atoms in total. The van der Waals surface area contributed by atoms with Crippen molar-refractivity contribution in [3.05, 3.63) is 60.2 Å². The Morgan fingerprint density at radius 2 is 1.89 bits per heavy atom. The highest BCUT2D eigenvalue weighted by Gasteiger charge is 2.19. The Morgan fingerprint density at radius 1 is 1.22 bits per heavy atom. The maximum Gasteiger partial charge on any atom is 0.209 e. The van der Waals surface area contributed by atoms with Crippen molar-refractivity contribution in [3.63, 3.8) is 0 Å². The van der Waals surface area contributed by atoms with Gasteiger partial charge in [-0.3, -0.25) is 0 Å². The molecule has 1 aromatic rings. The molecule has 0 aromatic heterocycles. The van der Waals surface area contributed by atoms with Gasteiger partial charge in [0.25, 0.3) is 0 Å². The third kappa shape index (κ3) is 3.73. The van der Waals surface area contributed by atoms with Crippen LogP contribution in [0.2, 0.25) is 0 Å². The van der Waals surface area contributed by atoms with Gasteiger partial charge in [0.05, 0.1) is 9.80 Å². The monoisotopic (exact) mass is 262 g/mol. The molecule has 0 unspecified atom stereocenters. The van der Waals surface area contributed by atoms with Crippen molar-refractivity contribution >= 4 is 9.84 Å². The number of hydrogen-bond acceptors (Lipinski definition) is 2. The zero-order chi connectivity index (χ0) is 13.4. The molecule has 0 heterocycles. The summed E-state index contributed by atoms with van der Waals surface area (Å²) in [5.74, 6) is 0. The molecule has 96 valence electrons. The minimum absolute atomic E-state index is 0.276. The van der Waals surface area contributed by atoms with Crippen molar-refractivity contribution in [1.82, 2.24) is 0 Å². The van der Waals surface area contributed by atoms with E-state index >= 15 is 0 Å². The van der Waals surface area contributed by atoms with Crippen molar-refractivity contribution in [2.45, 2.75) is 30.6 Å². The minimum Gasteiger partial charge on any atom is -0.218 e. The Hall–Kier alpha value is -1.57. The van der Waals surface area contributed by atoms with Crippen LogP contribution in [0.1, 0.15) is 25.7 Å². The largest absolute Gasteiger partial charge is 0.218 e. The molecule has 0 radical (unpaired) electrons. The zero-order valence-corrected chi connectivity index (χ0v) is 11.2. The van der Waals surface area contributed by atoms with Gasteiger partial charge in [-0.1, -0.05) is 30.9 Å². The quantitative estimate of drug-likeness (QED) is 0.424. The second kappa shape index (κ2) is 7.00. The van der Waals surface area contributed by atoms with E-state index in [0.717, 1.165) is 19.3 Å². The molecule has 1 rings (SSSR count). The Labute approximate surface area is 109 Å². The van der Waals surface area contributed by atoms with Crippen molar-refractivity contribution < 1.29 is 8.42 Å². The minimum atomic E-state index is -3.42. The first-order chi connectivity index (χ1) is 8.62. The Balaban J connectivity index is 2.83. The SMILES string of the molecule is C=C=C(CCCCC=C)S(=O)(=O)c1ccccc1. The van der Waals surface area contributed by atoms with Gasteiger partial charge in [-0.2, -0.15) is 0 Å². The van der Waals surface area contributed by atoms with Gasteiger partial charge in [-0.25, -0.2) is 8.42 Å². The summed E-state index contributed by atoms with van der Waals surface area (Å²) in [5.41, 5.74) is 2.57. The second-order valence-corrected chi connectivity index (χ2v) is 5.92. The van der Waals surface area contributed by atoms with E-state index in [1.165, 1.54) is 0 Å². The summed E-state index contributed by atoms with van der Waals surface area (Å²) in [6.45, 7) is 7.13. The van der Waals surface area contributed by atoms with Gasteiger partial charge in [0.1, 0.15) is 0 Å². The lowest BCUT2D eigenvalue weighted by Gasteiger charge is -2.06. The summed E-state index contributed by atoms with van der Waals surface area (Å²) in [6.07, 6.45) is 4.95. The number of sulfone groups is 1. The van der Waals surface area contributed by atoms with E-state index in [1.807, 2.05) is 6.08 Å².